The molecule has 0 amide bonds. The van der Waals surface area contributed by atoms with Crippen LogP contribution >= 0.6 is 11.6 Å². The Kier molecular flexibility index (Phi) is 4.61. The molecule has 0 saturated heterocycles. The van der Waals surface area contributed by atoms with E-state index in [2.05, 4.69) is 25.3 Å². The van der Waals surface area contributed by atoms with Gasteiger partial charge in [0.15, 0.2) is 5.65 Å². The second kappa shape index (κ2) is 6.96. The van der Waals surface area contributed by atoms with Crippen LogP contribution in [-0.2, 0) is 12.0 Å². The van der Waals surface area contributed by atoms with Crippen molar-refractivity contribution in [3.63, 3.8) is 0 Å². The molecule has 4 rings (SSSR count). The highest BCUT2D eigenvalue weighted by Crippen LogP contribution is 2.45. The van der Waals surface area contributed by atoms with Crippen LogP contribution in [0.3, 0.4) is 0 Å². The van der Waals surface area contributed by atoms with Gasteiger partial charge in [-0.05, 0) is 32.3 Å². The molecule has 146 valence electrons. The number of fused-ring (bicyclic) bond motifs is 1. The molecule has 0 aliphatic heterocycles. The first-order valence-corrected chi connectivity index (χ1v) is 9.48. The summed E-state index contributed by atoms with van der Waals surface area (Å²) in [6.07, 6.45) is 5.47. The van der Waals surface area contributed by atoms with Gasteiger partial charge in [-0.3, -0.25) is 4.68 Å². The van der Waals surface area contributed by atoms with Gasteiger partial charge in [0.1, 0.15) is 16.7 Å². The van der Waals surface area contributed by atoms with Crippen LogP contribution in [0.15, 0.2) is 12.3 Å². The molecule has 0 unspecified atom stereocenters. The highest BCUT2D eigenvalue weighted by molar-refractivity contribution is 6.34. The molecule has 1 saturated carbocycles. The summed E-state index contributed by atoms with van der Waals surface area (Å²) in [5.41, 5.74) is 8.28. The number of anilines is 2. The molecular formula is C18H21ClN8O. The van der Waals surface area contributed by atoms with Gasteiger partial charge in [0.05, 0.1) is 23.5 Å². The van der Waals surface area contributed by atoms with Gasteiger partial charge >= 0.3 is 0 Å². The van der Waals surface area contributed by atoms with Crippen LogP contribution < -0.4 is 11.1 Å². The number of aliphatic hydroxyl groups excluding tert-OH is 1. The van der Waals surface area contributed by atoms with Crippen molar-refractivity contribution in [2.45, 2.75) is 38.1 Å². The standard InChI is InChI=1S/C18H21ClN8O/c1-11-13(19)17-23-16(14(21-2)15(20)27(17)24-11)22-8-3-12-4-9-26(25-12)18(5-6-18)7-10-28/h4,9,28H,3,5-8,10,20H2,1H3,(H,22,23). The van der Waals surface area contributed by atoms with Crippen LogP contribution in [0.2, 0.25) is 5.02 Å². The van der Waals surface area contributed by atoms with E-state index in [0.29, 0.717) is 35.1 Å². The fourth-order valence-corrected chi connectivity index (χ4v) is 3.55. The molecular weight excluding hydrogens is 380 g/mol. The summed E-state index contributed by atoms with van der Waals surface area (Å²) >= 11 is 6.25. The minimum Gasteiger partial charge on any atom is -0.396 e. The summed E-state index contributed by atoms with van der Waals surface area (Å²) < 4.78 is 3.37. The molecule has 3 aromatic rings. The first kappa shape index (κ1) is 18.5. The lowest BCUT2D eigenvalue weighted by molar-refractivity contribution is 0.241. The molecule has 0 bridgehead atoms. The zero-order chi connectivity index (χ0) is 19.9. The van der Waals surface area contributed by atoms with E-state index in [4.69, 9.17) is 23.9 Å². The smallest absolute Gasteiger partial charge is 0.268 e. The number of hydrogen-bond acceptors (Lipinski definition) is 6. The molecule has 1 aliphatic rings. The van der Waals surface area contributed by atoms with Crippen molar-refractivity contribution in [1.82, 2.24) is 24.4 Å². The third-order valence-electron chi connectivity index (χ3n) is 5.20. The minimum atomic E-state index is -0.00461. The van der Waals surface area contributed by atoms with E-state index < -0.39 is 0 Å². The first-order valence-electron chi connectivity index (χ1n) is 9.10. The SMILES string of the molecule is [C-]#[N+]c1c(NCCc2ccn(C3(CCO)CC3)n2)nc2c(Cl)c(C)nn2c1N. The number of aliphatic hydroxyl groups is 1. The molecule has 4 N–H and O–H groups in total. The molecule has 1 fully saturated rings. The summed E-state index contributed by atoms with van der Waals surface area (Å²) in [5, 5.41) is 21.7. The van der Waals surface area contributed by atoms with Crippen molar-refractivity contribution in [2.75, 3.05) is 24.2 Å². The largest absolute Gasteiger partial charge is 0.396 e. The fraction of sp³-hybridized carbons (Fsp3) is 0.444. The predicted molar refractivity (Wildman–Crippen MR) is 107 cm³/mol. The van der Waals surface area contributed by atoms with Crippen molar-refractivity contribution in [3.8, 4) is 0 Å². The Balaban J connectivity index is 1.50. The molecule has 3 heterocycles. The second-order valence-electron chi connectivity index (χ2n) is 7.07. The summed E-state index contributed by atoms with van der Waals surface area (Å²) in [6, 6.07) is 1.98. The van der Waals surface area contributed by atoms with E-state index in [9.17, 15) is 5.11 Å². The average molecular weight is 401 g/mol. The Morgan fingerprint density at radius 1 is 1.43 bits per heavy atom. The fourth-order valence-electron chi connectivity index (χ4n) is 3.39. The number of hydrogen-bond donors (Lipinski definition) is 3. The lowest BCUT2D eigenvalue weighted by Gasteiger charge is -2.14. The van der Waals surface area contributed by atoms with Gasteiger partial charge in [-0.15, -0.1) is 0 Å². The lowest BCUT2D eigenvalue weighted by Crippen LogP contribution is -2.19. The zero-order valence-corrected chi connectivity index (χ0v) is 16.2. The quantitative estimate of drug-likeness (QED) is 0.525. The lowest BCUT2D eigenvalue weighted by atomic mass is 10.2. The summed E-state index contributed by atoms with van der Waals surface area (Å²) in [5.74, 6) is 0.599. The van der Waals surface area contributed by atoms with E-state index in [-0.39, 0.29) is 23.7 Å². The Hall–Kier alpha value is -2.83. The maximum Gasteiger partial charge on any atom is 0.268 e. The number of nitrogens with two attached hydrogens (primary N) is 1. The van der Waals surface area contributed by atoms with Gasteiger partial charge in [0.25, 0.3) is 5.69 Å². The number of rotatable bonds is 7. The maximum atomic E-state index is 9.24. The van der Waals surface area contributed by atoms with Gasteiger partial charge in [0.2, 0.25) is 0 Å². The summed E-state index contributed by atoms with van der Waals surface area (Å²) in [4.78, 5) is 7.95. The average Bonchev–Trinajstić information content (AvgIpc) is 3.20. The monoisotopic (exact) mass is 400 g/mol. The van der Waals surface area contributed by atoms with Gasteiger partial charge in [-0.25, -0.2) is 14.3 Å². The second-order valence-corrected chi connectivity index (χ2v) is 7.45. The summed E-state index contributed by atoms with van der Waals surface area (Å²) in [7, 11) is 0. The zero-order valence-electron chi connectivity index (χ0n) is 15.5. The summed E-state index contributed by atoms with van der Waals surface area (Å²) in [6.45, 7) is 9.91. The van der Waals surface area contributed by atoms with E-state index >= 15 is 0 Å². The third-order valence-corrected chi connectivity index (χ3v) is 5.64. The van der Waals surface area contributed by atoms with Crippen LogP contribution in [0, 0.1) is 13.5 Å². The van der Waals surface area contributed by atoms with Crippen LogP contribution in [0.25, 0.3) is 10.5 Å². The number of nitrogens with zero attached hydrogens (tertiary/aromatic N) is 6. The Labute approximate surface area is 166 Å². The first-order chi connectivity index (χ1) is 13.5. The van der Waals surface area contributed by atoms with E-state index in [1.165, 1.54) is 4.52 Å². The van der Waals surface area contributed by atoms with E-state index in [1.807, 2.05) is 16.9 Å². The predicted octanol–water partition coefficient (Wildman–Crippen LogP) is 2.55. The maximum absolute atomic E-state index is 9.24. The number of nitrogen functional groups attached to an aromatic ring is 1. The Morgan fingerprint density at radius 3 is 2.89 bits per heavy atom. The van der Waals surface area contributed by atoms with Crippen molar-refractivity contribution in [2.24, 2.45) is 0 Å². The number of nitrogens with one attached hydrogen (secondary N) is 1. The number of halogens is 1. The van der Waals surface area contributed by atoms with Crippen molar-refractivity contribution >= 4 is 34.6 Å². The Morgan fingerprint density at radius 2 is 2.21 bits per heavy atom. The molecule has 0 aromatic carbocycles. The van der Waals surface area contributed by atoms with E-state index in [1.54, 1.807) is 6.92 Å². The van der Waals surface area contributed by atoms with Gasteiger partial charge < -0.3 is 16.2 Å². The molecule has 0 radical (unpaired) electrons. The topological polar surface area (TPSA) is 111 Å². The molecule has 28 heavy (non-hydrogen) atoms. The van der Waals surface area contributed by atoms with Crippen LogP contribution in [-0.4, -0.2) is 42.6 Å². The van der Waals surface area contributed by atoms with Crippen molar-refractivity contribution in [3.05, 3.63) is 40.1 Å². The molecule has 1 aliphatic carbocycles. The normalized spacial score (nSPS) is 14.9. The molecule has 0 spiro atoms. The van der Waals surface area contributed by atoms with Crippen molar-refractivity contribution in [1.29, 1.82) is 0 Å². The molecule has 9 nitrogen and oxygen atoms in total. The number of aryl methyl sites for hydroxylation is 1. The van der Waals surface area contributed by atoms with Gasteiger partial charge in [-0.1, -0.05) is 11.6 Å². The number of aromatic nitrogens is 5. The van der Waals surface area contributed by atoms with Gasteiger partial charge in [-0.2, -0.15) is 10.2 Å². The molecule has 0 atom stereocenters. The highest BCUT2D eigenvalue weighted by atomic mass is 35.5. The van der Waals surface area contributed by atoms with E-state index in [0.717, 1.165) is 25.0 Å². The van der Waals surface area contributed by atoms with Gasteiger partial charge in [0, 0.05) is 25.8 Å². The minimum absolute atomic E-state index is 0.00461. The molecule has 3 aromatic heterocycles. The van der Waals surface area contributed by atoms with Crippen molar-refractivity contribution < 1.29 is 5.11 Å². The van der Waals surface area contributed by atoms with Crippen LogP contribution in [0.1, 0.15) is 30.7 Å². The molecule has 10 heteroatoms. The van der Waals surface area contributed by atoms with Crippen LogP contribution in [0.4, 0.5) is 17.3 Å². The third kappa shape index (κ3) is 3.04. The Bertz CT molecular complexity index is 1080. The van der Waals surface area contributed by atoms with Crippen LogP contribution in [0.5, 0.6) is 0 Å². The highest BCUT2D eigenvalue weighted by Gasteiger charge is 2.44.